The molecule has 2 N–H and O–H groups in total. The van der Waals surface area contributed by atoms with Crippen LogP contribution < -0.4 is 10.6 Å². The van der Waals surface area contributed by atoms with Crippen molar-refractivity contribution in [2.45, 2.75) is 13.3 Å². The van der Waals surface area contributed by atoms with Crippen molar-refractivity contribution in [2.24, 2.45) is 5.73 Å². The van der Waals surface area contributed by atoms with Crippen LogP contribution in [0.1, 0.15) is 13.3 Å². The highest BCUT2D eigenvalue weighted by molar-refractivity contribution is 7.80. The van der Waals surface area contributed by atoms with E-state index in [-0.39, 0.29) is 0 Å². The highest BCUT2D eigenvalue weighted by Gasteiger charge is 2.04. The molecule has 0 aliphatic rings. The average Bonchev–Trinajstić information content (AvgIpc) is 2.20. The highest BCUT2D eigenvalue weighted by atomic mass is 32.1. The molecule has 0 aliphatic carbocycles. The van der Waals surface area contributed by atoms with Gasteiger partial charge in [0, 0.05) is 25.7 Å². The first-order valence-electron chi connectivity index (χ1n) is 4.53. The van der Waals surface area contributed by atoms with Crippen molar-refractivity contribution in [3.05, 3.63) is 18.6 Å². The molecule has 0 saturated heterocycles. The fourth-order valence-corrected chi connectivity index (χ4v) is 1.24. The van der Waals surface area contributed by atoms with Crippen LogP contribution in [0.15, 0.2) is 18.6 Å². The van der Waals surface area contributed by atoms with Gasteiger partial charge in [-0.2, -0.15) is 0 Å². The zero-order valence-electron chi connectivity index (χ0n) is 8.18. The molecule has 1 aromatic rings. The molecule has 5 heteroatoms. The Morgan fingerprint density at radius 2 is 2.43 bits per heavy atom. The minimum absolute atomic E-state index is 0.539. The summed E-state index contributed by atoms with van der Waals surface area (Å²) in [7, 11) is 0. The van der Waals surface area contributed by atoms with Gasteiger partial charge in [0.2, 0.25) is 0 Å². The van der Waals surface area contributed by atoms with Crippen LogP contribution in [0, 0.1) is 0 Å². The van der Waals surface area contributed by atoms with E-state index in [0.717, 1.165) is 18.9 Å². The number of aromatic nitrogens is 2. The molecule has 0 bridgehead atoms. The molecule has 0 aromatic carbocycles. The molecule has 1 heterocycles. The maximum atomic E-state index is 5.45. The van der Waals surface area contributed by atoms with Crippen LogP contribution in [0.4, 0.5) is 5.82 Å². The standard InChI is InChI=1S/C9H14N4S/c1-2-13(6-4-8(10)14)9-3-5-11-7-12-9/h3,5,7H,2,4,6H2,1H3,(H2,10,14). The SMILES string of the molecule is CCN(CCC(N)=S)c1ccncn1. The minimum atomic E-state index is 0.539. The molecule has 0 unspecified atom stereocenters. The van der Waals surface area contributed by atoms with Gasteiger partial charge >= 0.3 is 0 Å². The van der Waals surface area contributed by atoms with Crippen molar-refractivity contribution < 1.29 is 0 Å². The summed E-state index contributed by atoms with van der Waals surface area (Å²) in [6, 6.07) is 1.88. The predicted octanol–water partition coefficient (Wildman–Crippen LogP) is 0.979. The molecule has 0 spiro atoms. The summed E-state index contributed by atoms with van der Waals surface area (Å²) in [5.41, 5.74) is 5.45. The number of rotatable bonds is 5. The van der Waals surface area contributed by atoms with Gasteiger partial charge in [0.1, 0.15) is 12.1 Å². The normalized spacial score (nSPS) is 9.79. The number of nitrogens with two attached hydrogens (primary N) is 1. The molecule has 14 heavy (non-hydrogen) atoms. The lowest BCUT2D eigenvalue weighted by Gasteiger charge is -2.20. The third-order valence-electron chi connectivity index (χ3n) is 1.90. The smallest absolute Gasteiger partial charge is 0.131 e. The van der Waals surface area contributed by atoms with E-state index in [4.69, 9.17) is 18.0 Å². The Hall–Kier alpha value is -1.23. The fourth-order valence-electron chi connectivity index (χ4n) is 1.15. The van der Waals surface area contributed by atoms with E-state index in [1.54, 1.807) is 12.5 Å². The van der Waals surface area contributed by atoms with Crippen molar-refractivity contribution in [1.29, 1.82) is 0 Å². The van der Waals surface area contributed by atoms with Gasteiger partial charge in [-0.25, -0.2) is 9.97 Å². The molecule has 4 nitrogen and oxygen atoms in total. The van der Waals surface area contributed by atoms with Gasteiger partial charge in [0.15, 0.2) is 0 Å². The zero-order chi connectivity index (χ0) is 10.4. The molecular weight excluding hydrogens is 196 g/mol. The van der Waals surface area contributed by atoms with Gasteiger partial charge in [-0.3, -0.25) is 0 Å². The monoisotopic (exact) mass is 210 g/mol. The Balaban J connectivity index is 2.58. The molecular formula is C9H14N4S. The number of nitrogens with zero attached hydrogens (tertiary/aromatic N) is 3. The summed E-state index contributed by atoms with van der Waals surface area (Å²) in [6.07, 6.45) is 3.98. The van der Waals surface area contributed by atoms with Gasteiger partial charge < -0.3 is 10.6 Å². The van der Waals surface area contributed by atoms with Crippen LogP contribution in [-0.4, -0.2) is 28.0 Å². The molecule has 76 valence electrons. The quantitative estimate of drug-likeness (QED) is 0.734. The van der Waals surface area contributed by atoms with Gasteiger partial charge in [-0.15, -0.1) is 0 Å². The van der Waals surface area contributed by atoms with Crippen LogP contribution >= 0.6 is 12.2 Å². The predicted molar refractivity (Wildman–Crippen MR) is 61.3 cm³/mol. The van der Waals surface area contributed by atoms with Gasteiger partial charge in [0.25, 0.3) is 0 Å². The van der Waals surface area contributed by atoms with E-state index in [2.05, 4.69) is 21.8 Å². The lowest BCUT2D eigenvalue weighted by atomic mass is 10.3. The van der Waals surface area contributed by atoms with Gasteiger partial charge in [0.05, 0.1) is 4.99 Å². The van der Waals surface area contributed by atoms with Crippen LogP contribution in [0.2, 0.25) is 0 Å². The number of hydrogen-bond donors (Lipinski definition) is 1. The maximum Gasteiger partial charge on any atom is 0.131 e. The Bertz CT molecular complexity index is 288. The van der Waals surface area contributed by atoms with E-state index in [1.165, 1.54) is 0 Å². The van der Waals surface area contributed by atoms with Crippen molar-refractivity contribution >= 4 is 23.0 Å². The van der Waals surface area contributed by atoms with Crippen molar-refractivity contribution in [1.82, 2.24) is 9.97 Å². The van der Waals surface area contributed by atoms with Crippen LogP contribution in [-0.2, 0) is 0 Å². The second-order valence-corrected chi connectivity index (χ2v) is 3.39. The molecule has 0 fully saturated rings. The maximum absolute atomic E-state index is 5.45. The van der Waals surface area contributed by atoms with Crippen molar-refractivity contribution in [3.63, 3.8) is 0 Å². The lowest BCUT2D eigenvalue weighted by Crippen LogP contribution is -2.27. The molecule has 0 saturated carbocycles. The second kappa shape index (κ2) is 5.49. The van der Waals surface area contributed by atoms with Crippen molar-refractivity contribution in [2.75, 3.05) is 18.0 Å². The Morgan fingerprint density at radius 1 is 1.64 bits per heavy atom. The zero-order valence-corrected chi connectivity index (χ0v) is 9.00. The average molecular weight is 210 g/mol. The number of hydrogen-bond acceptors (Lipinski definition) is 4. The third kappa shape index (κ3) is 3.26. The number of anilines is 1. The minimum Gasteiger partial charge on any atom is -0.393 e. The van der Waals surface area contributed by atoms with E-state index in [0.29, 0.717) is 11.4 Å². The molecule has 0 radical (unpaired) electrons. The summed E-state index contributed by atoms with van der Waals surface area (Å²) in [5.74, 6) is 0.916. The Labute approximate surface area is 89.2 Å². The first-order valence-corrected chi connectivity index (χ1v) is 4.94. The van der Waals surface area contributed by atoms with Crippen LogP contribution in [0.3, 0.4) is 0 Å². The van der Waals surface area contributed by atoms with E-state index in [1.807, 2.05) is 6.07 Å². The first kappa shape index (κ1) is 10.8. The summed E-state index contributed by atoms with van der Waals surface area (Å²) in [5, 5.41) is 0. The first-order chi connectivity index (χ1) is 6.74. The lowest BCUT2D eigenvalue weighted by molar-refractivity contribution is 0.816. The van der Waals surface area contributed by atoms with E-state index in [9.17, 15) is 0 Å². The summed E-state index contributed by atoms with van der Waals surface area (Å²) >= 11 is 4.83. The molecule has 1 aromatic heterocycles. The van der Waals surface area contributed by atoms with Crippen LogP contribution in [0.25, 0.3) is 0 Å². The van der Waals surface area contributed by atoms with Crippen molar-refractivity contribution in [3.8, 4) is 0 Å². The Kier molecular flexibility index (Phi) is 4.25. The van der Waals surface area contributed by atoms with E-state index < -0.39 is 0 Å². The molecule has 0 amide bonds. The van der Waals surface area contributed by atoms with Gasteiger partial charge in [-0.1, -0.05) is 12.2 Å². The third-order valence-corrected chi connectivity index (χ3v) is 2.10. The number of thiocarbonyl (C=S) groups is 1. The van der Waals surface area contributed by atoms with E-state index >= 15 is 0 Å². The summed E-state index contributed by atoms with van der Waals surface area (Å²) in [6.45, 7) is 3.77. The fraction of sp³-hybridized carbons (Fsp3) is 0.444. The summed E-state index contributed by atoms with van der Waals surface area (Å²) < 4.78 is 0. The second-order valence-electron chi connectivity index (χ2n) is 2.86. The Morgan fingerprint density at radius 3 is 2.93 bits per heavy atom. The highest BCUT2D eigenvalue weighted by Crippen LogP contribution is 2.07. The largest absolute Gasteiger partial charge is 0.393 e. The topological polar surface area (TPSA) is 55.0 Å². The summed E-state index contributed by atoms with van der Waals surface area (Å²) in [4.78, 5) is 10.7. The molecule has 1 rings (SSSR count). The van der Waals surface area contributed by atoms with Crippen LogP contribution in [0.5, 0.6) is 0 Å². The van der Waals surface area contributed by atoms with Gasteiger partial charge in [-0.05, 0) is 13.0 Å². The molecule has 0 atom stereocenters. The molecule has 0 aliphatic heterocycles.